The number of carboxylic acids is 1. The molecule has 1 saturated carbocycles. The third kappa shape index (κ3) is 3.15. The molecule has 2 N–H and O–H groups in total. The van der Waals surface area contributed by atoms with Crippen LogP contribution in [0.3, 0.4) is 0 Å². The summed E-state index contributed by atoms with van der Waals surface area (Å²) in [7, 11) is 0. The molecule has 2 aliphatic rings. The Morgan fingerprint density at radius 1 is 1.43 bits per heavy atom. The number of aliphatic hydroxyl groups is 1. The molecule has 3 rings (SSSR count). The van der Waals surface area contributed by atoms with Crippen molar-refractivity contribution < 1.29 is 15.0 Å². The second-order valence-electron chi connectivity index (χ2n) is 6.45. The highest BCUT2D eigenvalue weighted by Crippen LogP contribution is 2.37. The van der Waals surface area contributed by atoms with E-state index in [1.165, 1.54) is 24.8 Å². The number of carbonyl (C=O) groups is 1. The van der Waals surface area contributed by atoms with E-state index in [1.54, 1.807) is 11.3 Å². The zero-order valence-corrected chi connectivity index (χ0v) is 13.0. The number of likely N-dealkylation sites (tertiary alicyclic amines) is 1. The Bertz CT molecular complexity index is 472. The average molecular weight is 309 g/mol. The highest BCUT2D eigenvalue weighted by Gasteiger charge is 2.40. The summed E-state index contributed by atoms with van der Waals surface area (Å²) in [6, 6.07) is 1.72. The number of aliphatic hydroxyl groups excluding tert-OH is 1. The molecule has 0 unspecified atom stereocenters. The molecular weight excluding hydrogens is 286 g/mol. The maximum Gasteiger partial charge on any atom is 0.320 e. The summed E-state index contributed by atoms with van der Waals surface area (Å²) < 4.78 is 0. The van der Waals surface area contributed by atoms with Gasteiger partial charge >= 0.3 is 5.97 Å². The number of rotatable bonds is 6. The van der Waals surface area contributed by atoms with Gasteiger partial charge in [0.15, 0.2) is 0 Å². The first-order valence-electron chi connectivity index (χ1n) is 7.79. The number of carboxylic acid groups (broad SMARTS) is 1. The Morgan fingerprint density at radius 2 is 2.24 bits per heavy atom. The van der Waals surface area contributed by atoms with Crippen LogP contribution in [0.25, 0.3) is 0 Å². The van der Waals surface area contributed by atoms with Crippen LogP contribution in [0.4, 0.5) is 0 Å². The smallest absolute Gasteiger partial charge is 0.320 e. The summed E-state index contributed by atoms with van der Waals surface area (Å²) in [6.45, 7) is 1.58. The van der Waals surface area contributed by atoms with E-state index in [-0.39, 0.29) is 24.5 Å². The van der Waals surface area contributed by atoms with Crippen molar-refractivity contribution in [2.45, 2.75) is 37.6 Å². The van der Waals surface area contributed by atoms with Gasteiger partial charge in [0, 0.05) is 31.5 Å². The molecule has 1 aromatic heterocycles. The first-order valence-corrected chi connectivity index (χ1v) is 8.73. The van der Waals surface area contributed by atoms with Crippen LogP contribution in [0, 0.1) is 11.8 Å². The Morgan fingerprint density at radius 3 is 2.76 bits per heavy atom. The fourth-order valence-electron chi connectivity index (χ4n) is 3.66. The minimum atomic E-state index is -0.704. The second-order valence-corrected chi connectivity index (χ2v) is 7.23. The molecule has 3 atom stereocenters. The minimum absolute atomic E-state index is 0.132. The topological polar surface area (TPSA) is 60.8 Å². The van der Waals surface area contributed by atoms with Crippen molar-refractivity contribution in [2.24, 2.45) is 11.8 Å². The van der Waals surface area contributed by atoms with Gasteiger partial charge in [-0.1, -0.05) is 19.3 Å². The Kier molecular flexibility index (Phi) is 4.62. The SMILES string of the molecule is O=C(O)[C@@H](CC1CCC1)N1C[C@H](CO)[C@@H](c2ccsc2)C1. The molecule has 2 fully saturated rings. The average Bonchev–Trinajstić information content (AvgIpc) is 3.05. The molecule has 0 spiro atoms. The van der Waals surface area contributed by atoms with Crippen molar-refractivity contribution in [1.29, 1.82) is 0 Å². The third-order valence-electron chi connectivity index (χ3n) is 5.18. The molecule has 0 amide bonds. The van der Waals surface area contributed by atoms with E-state index in [0.717, 1.165) is 13.0 Å². The molecule has 1 aliphatic carbocycles. The molecule has 21 heavy (non-hydrogen) atoms. The van der Waals surface area contributed by atoms with E-state index in [1.807, 2.05) is 0 Å². The molecule has 0 radical (unpaired) electrons. The third-order valence-corrected chi connectivity index (χ3v) is 5.88. The van der Waals surface area contributed by atoms with Crippen LogP contribution in [0.5, 0.6) is 0 Å². The molecule has 2 heterocycles. The molecule has 0 aromatic carbocycles. The normalized spacial score (nSPS) is 28.4. The number of hydrogen-bond donors (Lipinski definition) is 2. The lowest BCUT2D eigenvalue weighted by Crippen LogP contribution is -2.42. The standard InChI is InChI=1S/C16H23NO3S/c18-9-13-7-17(8-14(13)12-4-5-21-10-12)15(16(19)20)6-11-2-1-3-11/h4-5,10-11,13-15,18H,1-3,6-9H2,(H,19,20)/t13-,14-,15-/m1/s1. The second kappa shape index (κ2) is 6.46. The van der Waals surface area contributed by atoms with Crippen molar-refractivity contribution in [2.75, 3.05) is 19.7 Å². The maximum atomic E-state index is 11.6. The molecule has 0 bridgehead atoms. The Balaban J connectivity index is 1.70. The van der Waals surface area contributed by atoms with Crippen LogP contribution in [0.15, 0.2) is 16.8 Å². The van der Waals surface area contributed by atoms with E-state index < -0.39 is 5.97 Å². The lowest BCUT2D eigenvalue weighted by molar-refractivity contribution is -0.144. The van der Waals surface area contributed by atoms with Crippen molar-refractivity contribution in [1.82, 2.24) is 4.90 Å². The van der Waals surface area contributed by atoms with Crippen molar-refractivity contribution in [3.63, 3.8) is 0 Å². The van der Waals surface area contributed by atoms with Gasteiger partial charge in [-0.2, -0.15) is 11.3 Å². The van der Waals surface area contributed by atoms with E-state index >= 15 is 0 Å². The van der Waals surface area contributed by atoms with E-state index in [4.69, 9.17) is 0 Å². The van der Waals surface area contributed by atoms with Gasteiger partial charge in [-0.15, -0.1) is 0 Å². The van der Waals surface area contributed by atoms with Crippen LogP contribution < -0.4 is 0 Å². The lowest BCUT2D eigenvalue weighted by Gasteiger charge is -2.32. The zero-order chi connectivity index (χ0) is 14.8. The first kappa shape index (κ1) is 15.0. The lowest BCUT2D eigenvalue weighted by atomic mass is 9.80. The molecule has 116 valence electrons. The highest BCUT2D eigenvalue weighted by molar-refractivity contribution is 7.07. The molecule has 4 nitrogen and oxygen atoms in total. The fraction of sp³-hybridized carbons (Fsp3) is 0.688. The zero-order valence-electron chi connectivity index (χ0n) is 12.1. The van der Waals surface area contributed by atoms with E-state index in [2.05, 4.69) is 21.7 Å². The van der Waals surface area contributed by atoms with Gasteiger partial charge in [0.05, 0.1) is 0 Å². The summed E-state index contributed by atoms with van der Waals surface area (Å²) >= 11 is 1.66. The van der Waals surface area contributed by atoms with Crippen molar-refractivity contribution in [3.05, 3.63) is 22.4 Å². The number of thiophene rings is 1. The van der Waals surface area contributed by atoms with Crippen molar-refractivity contribution in [3.8, 4) is 0 Å². The predicted octanol–water partition coefficient (Wildman–Crippen LogP) is 2.40. The highest BCUT2D eigenvalue weighted by atomic mass is 32.1. The van der Waals surface area contributed by atoms with Crippen LogP contribution in [-0.4, -0.2) is 46.8 Å². The van der Waals surface area contributed by atoms with Gasteiger partial charge in [0.25, 0.3) is 0 Å². The molecular formula is C16H23NO3S. The van der Waals surface area contributed by atoms with Crippen LogP contribution in [-0.2, 0) is 4.79 Å². The largest absolute Gasteiger partial charge is 0.480 e. The van der Waals surface area contributed by atoms with Gasteiger partial charge in [0.1, 0.15) is 6.04 Å². The molecule has 1 saturated heterocycles. The molecule has 1 aliphatic heterocycles. The predicted molar refractivity (Wildman–Crippen MR) is 82.6 cm³/mol. The molecule has 1 aromatic rings. The van der Waals surface area contributed by atoms with Gasteiger partial charge in [-0.05, 0) is 34.7 Å². The summed E-state index contributed by atoms with van der Waals surface area (Å²) in [5, 5.41) is 23.4. The summed E-state index contributed by atoms with van der Waals surface area (Å²) in [4.78, 5) is 13.7. The van der Waals surface area contributed by atoms with E-state index in [0.29, 0.717) is 12.5 Å². The quantitative estimate of drug-likeness (QED) is 0.847. The summed E-state index contributed by atoms with van der Waals surface area (Å²) in [5.41, 5.74) is 1.24. The van der Waals surface area contributed by atoms with Gasteiger partial charge in [-0.25, -0.2) is 0 Å². The number of hydrogen-bond acceptors (Lipinski definition) is 4. The van der Waals surface area contributed by atoms with Gasteiger partial charge in [0.2, 0.25) is 0 Å². The Hall–Kier alpha value is -0.910. The summed E-state index contributed by atoms with van der Waals surface area (Å²) in [5.74, 6) is 0.302. The first-order chi connectivity index (χ1) is 10.2. The maximum absolute atomic E-state index is 11.6. The van der Waals surface area contributed by atoms with Gasteiger partial charge < -0.3 is 10.2 Å². The monoisotopic (exact) mass is 309 g/mol. The molecule has 5 heteroatoms. The fourth-order valence-corrected chi connectivity index (χ4v) is 4.38. The number of nitrogens with zero attached hydrogens (tertiary/aromatic N) is 1. The Labute approximate surface area is 129 Å². The van der Waals surface area contributed by atoms with Crippen LogP contribution in [0.2, 0.25) is 0 Å². The minimum Gasteiger partial charge on any atom is -0.480 e. The van der Waals surface area contributed by atoms with Crippen LogP contribution in [0.1, 0.15) is 37.2 Å². The van der Waals surface area contributed by atoms with E-state index in [9.17, 15) is 15.0 Å². The van der Waals surface area contributed by atoms with Crippen LogP contribution >= 0.6 is 11.3 Å². The number of aliphatic carboxylic acids is 1. The van der Waals surface area contributed by atoms with Gasteiger partial charge in [-0.3, -0.25) is 9.69 Å². The summed E-state index contributed by atoms with van der Waals surface area (Å²) in [6.07, 6.45) is 4.36. The van der Waals surface area contributed by atoms with Crippen molar-refractivity contribution >= 4 is 17.3 Å².